The molecule has 0 fully saturated rings. The number of hydrogen-bond acceptors (Lipinski definition) is 2. The molecule has 0 spiro atoms. The Balaban J connectivity index is 1.99. The third-order valence-corrected chi connectivity index (χ3v) is 3.60. The number of hydrogen-bond donors (Lipinski definition) is 1. The molecule has 2 aromatic carbocycles. The van der Waals surface area contributed by atoms with Gasteiger partial charge in [0.2, 0.25) is 0 Å². The number of rotatable bonds is 4. The van der Waals surface area contributed by atoms with E-state index in [1.807, 2.05) is 24.3 Å². The fourth-order valence-corrected chi connectivity index (χ4v) is 2.21. The van der Waals surface area contributed by atoms with Gasteiger partial charge in [-0.05, 0) is 34.7 Å². The molecule has 0 radical (unpaired) electrons. The maximum absolute atomic E-state index is 10.2. The van der Waals surface area contributed by atoms with E-state index >= 15 is 0 Å². The van der Waals surface area contributed by atoms with Crippen molar-refractivity contribution in [2.45, 2.75) is 32.3 Å². The summed E-state index contributed by atoms with van der Waals surface area (Å²) in [5, 5.41) is 10.8. The van der Waals surface area contributed by atoms with Gasteiger partial charge in [0.1, 0.15) is 18.5 Å². The standard InChI is InChI=1S/C18H21ClO2/c1-18(2,3)14-9-7-13(8-10-14)17(20)12-21-16-6-4-5-15(19)11-16/h4-11,17,20H,12H2,1-3H3. The zero-order valence-corrected chi connectivity index (χ0v) is 13.4. The van der Waals surface area contributed by atoms with Crippen molar-refractivity contribution in [2.24, 2.45) is 0 Å². The molecule has 0 heterocycles. The van der Waals surface area contributed by atoms with Gasteiger partial charge >= 0.3 is 0 Å². The fourth-order valence-electron chi connectivity index (χ4n) is 2.03. The van der Waals surface area contributed by atoms with Gasteiger partial charge in [-0.3, -0.25) is 0 Å². The van der Waals surface area contributed by atoms with Gasteiger partial charge in [0.25, 0.3) is 0 Å². The molecule has 0 aliphatic rings. The monoisotopic (exact) mass is 304 g/mol. The minimum atomic E-state index is -0.655. The number of aliphatic hydroxyl groups excluding tert-OH is 1. The molecule has 2 rings (SSSR count). The molecule has 1 atom stereocenters. The Labute approximate surface area is 131 Å². The molecule has 2 nitrogen and oxygen atoms in total. The summed E-state index contributed by atoms with van der Waals surface area (Å²) in [4.78, 5) is 0. The summed E-state index contributed by atoms with van der Waals surface area (Å²) in [6.45, 7) is 6.71. The molecule has 1 unspecified atom stereocenters. The third-order valence-electron chi connectivity index (χ3n) is 3.37. The Hall–Kier alpha value is -1.51. The molecular formula is C18H21ClO2. The molecule has 0 aliphatic heterocycles. The van der Waals surface area contributed by atoms with Gasteiger partial charge in [-0.1, -0.05) is 62.7 Å². The van der Waals surface area contributed by atoms with Crippen LogP contribution in [0.3, 0.4) is 0 Å². The first-order valence-corrected chi connectivity index (χ1v) is 7.41. The van der Waals surface area contributed by atoms with Crippen molar-refractivity contribution in [1.29, 1.82) is 0 Å². The van der Waals surface area contributed by atoms with Crippen LogP contribution >= 0.6 is 11.6 Å². The van der Waals surface area contributed by atoms with Gasteiger partial charge in [0, 0.05) is 5.02 Å². The summed E-state index contributed by atoms with van der Waals surface area (Å²) in [6, 6.07) is 15.2. The Morgan fingerprint density at radius 2 is 1.76 bits per heavy atom. The van der Waals surface area contributed by atoms with E-state index in [4.69, 9.17) is 16.3 Å². The van der Waals surface area contributed by atoms with Crippen molar-refractivity contribution in [2.75, 3.05) is 6.61 Å². The first-order valence-electron chi connectivity index (χ1n) is 7.03. The smallest absolute Gasteiger partial charge is 0.120 e. The number of halogens is 1. The first-order chi connectivity index (χ1) is 9.86. The zero-order chi connectivity index (χ0) is 15.5. The molecule has 0 aliphatic carbocycles. The molecule has 0 saturated carbocycles. The molecule has 3 heteroatoms. The lowest BCUT2D eigenvalue weighted by Crippen LogP contribution is -2.13. The van der Waals surface area contributed by atoms with Crippen LogP contribution < -0.4 is 4.74 Å². The van der Waals surface area contributed by atoms with Crippen molar-refractivity contribution >= 4 is 11.6 Å². The second kappa shape index (κ2) is 6.50. The Bertz CT molecular complexity index is 585. The van der Waals surface area contributed by atoms with E-state index in [0.717, 1.165) is 5.56 Å². The number of aliphatic hydroxyl groups is 1. The van der Waals surface area contributed by atoms with Gasteiger partial charge < -0.3 is 9.84 Å². The van der Waals surface area contributed by atoms with Crippen molar-refractivity contribution in [3.05, 3.63) is 64.7 Å². The van der Waals surface area contributed by atoms with Crippen LogP contribution in [0.5, 0.6) is 5.75 Å². The molecular weight excluding hydrogens is 284 g/mol. The van der Waals surface area contributed by atoms with Crippen LogP contribution in [0.1, 0.15) is 38.0 Å². The van der Waals surface area contributed by atoms with Gasteiger partial charge in [0.15, 0.2) is 0 Å². The second-order valence-electron chi connectivity index (χ2n) is 6.16. The van der Waals surface area contributed by atoms with E-state index in [9.17, 15) is 5.11 Å². The highest BCUT2D eigenvalue weighted by molar-refractivity contribution is 6.30. The summed E-state index contributed by atoms with van der Waals surface area (Å²) >= 11 is 5.89. The predicted molar refractivity (Wildman–Crippen MR) is 87.0 cm³/mol. The van der Waals surface area contributed by atoms with Crippen molar-refractivity contribution in [1.82, 2.24) is 0 Å². The van der Waals surface area contributed by atoms with Crippen molar-refractivity contribution in [3.8, 4) is 5.75 Å². The Morgan fingerprint density at radius 1 is 1.10 bits per heavy atom. The molecule has 2 aromatic rings. The summed E-state index contributed by atoms with van der Waals surface area (Å²) in [6.07, 6.45) is -0.655. The van der Waals surface area contributed by atoms with E-state index in [1.54, 1.807) is 12.1 Å². The predicted octanol–water partition coefficient (Wildman–Crippen LogP) is 4.75. The first kappa shape index (κ1) is 15.9. The van der Waals surface area contributed by atoms with Gasteiger partial charge in [-0.2, -0.15) is 0 Å². The van der Waals surface area contributed by atoms with Crippen LogP contribution in [0.15, 0.2) is 48.5 Å². The van der Waals surface area contributed by atoms with Crippen molar-refractivity contribution in [3.63, 3.8) is 0 Å². The van der Waals surface area contributed by atoms with Crippen LogP contribution in [0.2, 0.25) is 5.02 Å². The Morgan fingerprint density at radius 3 is 2.33 bits per heavy atom. The quantitative estimate of drug-likeness (QED) is 0.883. The molecule has 21 heavy (non-hydrogen) atoms. The normalized spacial score (nSPS) is 13.0. The summed E-state index contributed by atoms with van der Waals surface area (Å²) < 4.78 is 5.57. The molecule has 0 aromatic heterocycles. The maximum Gasteiger partial charge on any atom is 0.120 e. The van der Waals surface area contributed by atoms with E-state index in [0.29, 0.717) is 10.8 Å². The Kier molecular flexibility index (Phi) is 4.92. The lowest BCUT2D eigenvalue weighted by Gasteiger charge is -2.20. The van der Waals surface area contributed by atoms with Gasteiger partial charge in [0.05, 0.1) is 0 Å². The SMILES string of the molecule is CC(C)(C)c1ccc(C(O)COc2cccc(Cl)c2)cc1. The van der Waals surface area contributed by atoms with Crippen LogP contribution in [-0.4, -0.2) is 11.7 Å². The summed E-state index contributed by atoms with van der Waals surface area (Å²) in [5.74, 6) is 0.660. The van der Waals surface area contributed by atoms with Crippen LogP contribution in [0.4, 0.5) is 0 Å². The van der Waals surface area contributed by atoms with Crippen LogP contribution in [0, 0.1) is 0 Å². The highest BCUT2D eigenvalue weighted by Crippen LogP contribution is 2.24. The van der Waals surface area contributed by atoms with E-state index < -0.39 is 6.10 Å². The van der Waals surface area contributed by atoms with Crippen LogP contribution in [-0.2, 0) is 5.41 Å². The van der Waals surface area contributed by atoms with Gasteiger partial charge in [-0.15, -0.1) is 0 Å². The largest absolute Gasteiger partial charge is 0.490 e. The van der Waals surface area contributed by atoms with Crippen LogP contribution in [0.25, 0.3) is 0 Å². The van der Waals surface area contributed by atoms with Gasteiger partial charge in [-0.25, -0.2) is 0 Å². The lowest BCUT2D eigenvalue weighted by molar-refractivity contribution is 0.108. The third kappa shape index (κ3) is 4.48. The molecule has 0 bridgehead atoms. The summed E-state index contributed by atoms with van der Waals surface area (Å²) in [7, 11) is 0. The van der Waals surface area contributed by atoms with E-state index in [2.05, 4.69) is 32.9 Å². The van der Waals surface area contributed by atoms with E-state index in [-0.39, 0.29) is 12.0 Å². The highest BCUT2D eigenvalue weighted by atomic mass is 35.5. The maximum atomic E-state index is 10.2. The minimum absolute atomic E-state index is 0.112. The van der Waals surface area contributed by atoms with Crippen molar-refractivity contribution < 1.29 is 9.84 Å². The number of benzene rings is 2. The minimum Gasteiger partial charge on any atom is -0.490 e. The molecule has 1 N–H and O–H groups in total. The molecule has 112 valence electrons. The number of ether oxygens (including phenoxy) is 1. The average Bonchev–Trinajstić information content (AvgIpc) is 2.44. The average molecular weight is 305 g/mol. The topological polar surface area (TPSA) is 29.5 Å². The molecule has 0 saturated heterocycles. The fraction of sp³-hybridized carbons (Fsp3) is 0.333. The summed E-state index contributed by atoms with van der Waals surface area (Å²) in [5.41, 5.74) is 2.21. The lowest BCUT2D eigenvalue weighted by atomic mass is 9.86. The second-order valence-corrected chi connectivity index (χ2v) is 6.59. The zero-order valence-electron chi connectivity index (χ0n) is 12.6. The highest BCUT2D eigenvalue weighted by Gasteiger charge is 2.15. The molecule has 0 amide bonds. The van der Waals surface area contributed by atoms with E-state index in [1.165, 1.54) is 5.56 Å².